The maximum atomic E-state index is 11.8. The van der Waals surface area contributed by atoms with Crippen molar-refractivity contribution < 1.29 is 24.2 Å². The number of carboxylic acid groups (broad SMARTS) is 1. The van der Waals surface area contributed by atoms with Crippen LogP contribution in [-0.2, 0) is 19.1 Å². The van der Waals surface area contributed by atoms with Gasteiger partial charge >= 0.3 is 11.9 Å². The van der Waals surface area contributed by atoms with Crippen LogP contribution in [0.25, 0.3) is 0 Å². The van der Waals surface area contributed by atoms with Crippen LogP contribution < -0.4 is 11.1 Å². The van der Waals surface area contributed by atoms with E-state index in [1.54, 1.807) is 0 Å². The molecule has 4 N–H and O–H groups in total. The van der Waals surface area contributed by atoms with Gasteiger partial charge in [-0.1, -0.05) is 26.2 Å². The molecular formula is C14H27ClN2O5S. The number of rotatable bonds is 12. The molecule has 0 saturated heterocycles. The molecule has 23 heavy (non-hydrogen) atoms. The molecule has 136 valence electrons. The Hall–Kier alpha value is -0.990. The van der Waals surface area contributed by atoms with Crippen LogP contribution in [0.15, 0.2) is 0 Å². The van der Waals surface area contributed by atoms with Crippen molar-refractivity contribution in [3.8, 4) is 0 Å². The maximum absolute atomic E-state index is 11.8. The van der Waals surface area contributed by atoms with Crippen molar-refractivity contribution in [3.05, 3.63) is 0 Å². The summed E-state index contributed by atoms with van der Waals surface area (Å²) in [6.07, 6.45) is 3.92. The summed E-state index contributed by atoms with van der Waals surface area (Å²) < 4.78 is 5.08. The highest BCUT2D eigenvalue weighted by Gasteiger charge is 2.21. The van der Waals surface area contributed by atoms with Gasteiger partial charge in [-0.25, -0.2) is 4.79 Å². The van der Waals surface area contributed by atoms with Crippen LogP contribution in [-0.4, -0.2) is 47.4 Å². The third-order valence-electron chi connectivity index (χ3n) is 3.04. The molecule has 0 heterocycles. The van der Waals surface area contributed by atoms with Gasteiger partial charge in [0, 0.05) is 12.2 Å². The van der Waals surface area contributed by atoms with E-state index in [1.807, 2.05) is 0 Å². The van der Waals surface area contributed by atoms with E-state index in [9.17, 15) is 14.4 Å². The third kappa shape index (κ3) is 12.1. The van der Waals surface area contributed by atoms with Crippen LogP contribution in [0.5, 0.6) is 0 Å². The predicted octanol–water partition coefficient (Wildman–Crippen LogP) is 1.14. The van der Waals surface area contributed by atoms with Gasteiger partial charge in [-0.15, -0.1) is 12.4 Å². The van der Waals surface area contributed by atoms with Gasteiger partial charge in [-0.3, -0.25) is 9.59 Å². The first-order valence-electron chi connectivity index (χ1n) is 7.47. The molecule has 0 radical (unpaired) electrons. The van der Waals surface area contributed by atoms with E-state index >= 15 is 0 Å². The lowest BCUT2D eigenvalue weighted by molar-refractivity contribution is -0.147. The Bertz CT molecular complexity index is 371. The van der Waals surface area contributed by atoms with Gasteiger partial charge in [0.05, 0.1) is 6.61 Å². The Kier molecular flexibility index (Phi) is 15.4. The minimum atomic E-state index is -1.16. The van der Waals surface area contributed by atoms with Crippen LogP contribution in [0.3, 0.4) is 0 Å². The molecule has 0 aromatic carbocycles. The average molecular weight is 371 g/mol. The molecule has 9 heteroatoms. The molecule has 0 spiro atoms. The van der Waals surface area contributed by atoms with E-state index in [1.165, 1.54) is 0 Å². The standard InChI is InChI=1S/C14H26N2O5S.ClH/c1-2-3-4-5-8-21-14(20)11(9-22)16-12(17)7-6-10(15)13(18)19;/h10-11,22H,2-9,15H2,1H3,(H,16,17)(H,18,19);1H/t10-,11-;/m0./s1. The fraction of sp³-hybridized carbons (Fsp3) is 0.786. The average Bonchev–Trinajstić information content (AvgIpc) is 2.49. The number of hydrogen-bond acceptors (Lipinski definition) is 6. The van der Waals surface area contributed by atoms with Crippen LogP contribution in [0.1, 0.15) is 45.4 Å². The summed E-state index contributed by atoms with van der Waals surface area (Å²) in [4.78, 5) is 34.0. The molecule has 2 atom stereocenters. The van der Waals surface area contributed by atoms with Crippen LogP contribution in [0.4, 0.5) is 0 Å². The first-order valence-corrected chi connectivity index (χ1v) is 8.10. The number of ether oxygens (including phenoxy) is 1. The Labute approximate surface area is 148 Å². The summed E-state index contributed by atoms with van der Waals surface area (Å²) in [6.45, 7) is 2.41. The Morgan fingerprint density at radius 3 is 2.43 bits per heavy atom. The molecule has 7 nitrogen and oxygen atoms in total. The monoisotopic (exact) mass is 370 g/mol. The van der Waals surface area contributed by atoms with E-state index in [-0.39, 0.29) is 31.0 Å². The minimum absolute atomic E-state index is 0. The molecule has 0 fully saturated rings. The summed E-state index contributed by atoms with van der Waals surface area (Å²) in [7, 11) is 0. The van der Waals surface area contributed by atoms with Gasteiger partial charge in [0.15, 0.2) is 0 Å². The van der Waals surface area contributed by atoms with E-state index in [2.05, 4.69) is 24.9 Å². The van der Waals surface area contributed by atoms with Crippen molar-refractivity contribution in [1.29, 1.82) is 0 Å². The van der Waals surface area contributed by atoms with Crippen molar-refractivity contribution in [2.75, 3.05) is 12.4 Å². The van der Waals surface area contributed by atoms with Gasteiger partial charge in [0.2, 0.25) is 5.91 Å². The number of esters is 1. The number of carbonyl (C=O) groups is 3. The van der Waals surface area contributed by atoms with E-state index in [0.29, 0.717) is 6.61 Å². The Morgan fingerprint density at radius 2 is 1.91 bits per heavy atom. The number of aliphatic carboxylic acids is 1. The largest absolute Gasteiger partial charge is 0.480 e. The second-order valence-electron chi connectivity index (χ2n) is 5.01. The highest BCUT2D eigenvalue weighted by atomic mass is 35.5. The molecule has 0 aliphatic rings. The molecule has 0 aromatic heterocycles. The number of unbranched alkanes of at least 4 members (excludes halogenated alkanes) is 3. The van der Waals surface area contributed by atoms with Gasteiger partial charge in [-0.2, -0.15) is 12.6 Å². The number of hydrogen-bond donors (Lipinski definition) is 4. The quantitative estimate of drug-likeness (QED) is 0.232. The molecular weight excluding hydrogens is 344 g/mol. The number of carboxylic acids is 1. The van der Waals surface area contributed by atoms with Gasteiger partial charge < -0.3 is 20.9 Å². The Balaban J connectivity index is 0. The summed E-state index contributed by atoms with van der Waals surface area (Å²) in [5, 5.41) is 11.1. The topological polar surface area (TPSA) is 119 Å². The van der Waals surface area contributed by atoms with E-state index in [0.717, 1.165) is 25.7 Å². The molecule has 0 aliphatic heterocycles. The molecule has 1 amide bonds. The smallest absolute Gasteiger partial charge is 0.329 e. The zero-order valence-corrected chi connectivity index (χ0v) is 15.0. The lowest BCUT2D eigenvalue weighted by Gasteiger charge is -2.16. The summed E-state index contributed by atoms with van der Waals surface area (Å²) >= 11 is 4.02. The number of nitrogens with one attached hydrogen (secondary N) is 1. The van der Waals surface area contributed by atoms with E-state index < -0.39 is 29.9 Å². The van der Waals surface area contributed by atoms with E-state index in [4.69, 9.17) is 15.6 Å². The zero-order valence-electron chi connectivity index (χ0n) is 13.3. The van der Waals surface area contributed by atoms with Crippen molar-refractivity contribution in [2.24, 2.45) is 5.73 Å². The predicted molar refractivity (Wildman–Crippen MR) is 93.0 cm³/mol. The third-order valence-corrected chi connectivity index (χ3v) is 3.41. The highest BCUT2D eigenvalue weighted by molar-refractivity contribution is 7.80. The molecule has 0 saturated carbocycles. The number of amides is 1. The summed E-state index contributed by atoms with van der Waals surface area (Å²) in [5.41, 5.74) is 5.31. The van der Waals surface area contributed by atoms with Crippen molar-refractivity contribution in [3.63, 3.8) is 0 Å². The second kappa shape index (κ2) is 14.6. The first kappa shape index (κ1) is 24.3. The Morgan fingerprint density at radius 1 is 1.26 bits per heavy atom. The number of carbonyl (C=O) groups excluding carboxylic acids is 2. The van der Waals surface area contributed by atoms with Gasteiger partial charge in [0.25, 0.3) is 0 Å². The first-order chi connectivity index (χ1) is 10.4. The molecule has 0 aliphatic carbocycles. The van der Waals surface area contributed by atoms with Crippen LogP contribution in [0, 0.1) is 0 Å². The van der Waals surface area contributed by atoms with Gasteiger partial charge in [-0.05, 0) is 12.8 Å². The molecule has 0 aromatic rings. The lowest BCUT2D eigenvalue weighted by Crippen LogP contribution is -2.44. The number of nitrogens with two attached hydrogens (primary N) is 1. The molecule has 0 rings (SSSR count). The van der Waals surface area contributed by atoms with Gasteiger partial charge in [0.1, 0.15) is 12.1 Å². The van der Waals surface area contributed by atoms with Crippen LogP contribution in [0.2, 0.25) is 0 Å². The fourth-order valence-corrected chi connectivity index (χ4v) is 1.90. The normalized spacial score (nSPS) is 12.7. The zero-order chi connectivity index (χ0) is 17.0. The van der Waals surface area contributed by atoms with Crippen molar-refractivity contribution in [1.82, 2.24) is 5.32 Å². The maximum Gasteiger partial charge on any atom is 0.329 e. The highest BCUT2D eigenvalue weighted by Crippen LogP contribution is 2.02. The van der Waals surface area contributed by atoms with Crippen molar-refractivity contribution >= 4 is 42.9 Å². The number of halogens is 1. The number of thiol groups is 1. The summed E-state index contributed by atoms with van der Waals surface area (Å²) in [6, 6.07) is -1.92. The minimum Gasteiger partial charge on any atom is -0.480 e. The SMILES string of the molecule is CCCCCCOC(=O)[C@H](CS)NC(=O)CC[C@H](N)C(=O)O.Cl. The molecule has 0 unspecified atom stereocenters. The van der Waals surface area contributed by atoms with Crippen LogP contribution >= 0.6 is 25.0 Å². The van der Waals surface area contributed by atoms with Crippen molar-refractivity contribution in [2.45, 2.75) is 57.5 Å². The summed E-state index contributed by atoms with van der Waals surface area (Å²) in [5.74, 6) is -2.02. The second-order valence-corrected chi connectivity index (χ2v) is 5.38. The molecule has 0 bridgehead atoms. The lowest BCUT2D eigenvalue weighted by atomic mass is 10.1. The fourth-order valence-electron chi connectivity index (χ4n) is 1.66.